The average molecular weight is 239 g/mol. The van der Waals surface area contributed by atoms with Crippen LogP contribution >= 0.6 is 0 Å². The molecule has 0 atom stereocenters. The molecule has 1 N–H and O–H groups in total. The molecule has 1 aliphatic rings. The molecule has 0 fully saturated rings. The first-order chi connectivity index (χ1) is 8.85. The van der Waals surface area contributed by atoms with Crippen LogP contribution in [-0.2, 0) is 6.42 Å². The van der Waals surface area contributed by atoms with Gasteiger partial charge in [-0.05, 0) is 30.9 Å². The van der Waals surface area contributed by atoms with E-state index in [4.69, 9.17) is 0 Å². The van der Waals surface area contributed by atoms with Gasteiger partial charge in [0.15, 0.2) is 0 Å². The Hall–Kier alpha value is -1.76. The summed E-state index contributed by atoms with van der Waals surface area (Å²) in [5.41, 5.74) is 4.20. The van der Waals surface area contributed by atoms with Crippen LogP contribution in [-0.4, -0.2) is 4.98 Å². The Morgan fingerprint density at radius 1 is 1.11 bits per heavy atom. The van der Waals surface area contributed by atoms with E-state index in [0.717, 1.165) is 6.42 Å². The van der Waals surface area contributed by atoms with Crippen LogP contribution in [0.1, 0.15) is 32.3 Å². The third-order valence-corrected chi connectivity index (χ3v) is 3.36. The lowest BCUT2D eigenvalue weighted by atomic mass is 10.1. The van der Waals surface area contributed by atoms with Crippen LogP contribution in [0.25, 0.3) is 10.9 Å². The van der Waals surface area contributed by atoms with Crippen molar-refractivity contribution in [3.63, 3.8) is 0 Å². The van der Waals surface area contributed by atoms with Gasteiger partial charge in [-0.15, -0.1) is 0 Å². The third kappa shape index (κ3) is 2.92. The lowest BCUT2D eigenvalue weighted by Gasteiger charge is -1.90. The molecule has 0 spiro atoms. The van der Waals surface area contributed by atoms with Crippen molar-refractivity contribution in [2.75, 3.05) is 0 Å². The maximum Gasteiger partial charge on any atom is 0.0456 e. The molecule has 0 aliphatic heterocycles. The van der Waals surface area contributed by atoms with Gasteiger partial charge in [-0.2, -0.15) is 0 Å². The molecule has 2 aromatic rings. The zero-order valence-corrected chi connectivity index (χ0v) is 11.2. The van der Waals surface area contributed by atoms with Crippen molar-refractivity contribution < 1.29 is 0 Å². The average Bonchev–Trinajstić information content (AvgIpc) is 3.08. The number of allylic oxidation sites excluding steroid dienone is 4. The van der Waals surface area contributed by atoms with E-state index in [1.165, 1.54) is 29.3 Å². The van der Waals surface area contributed by atoms with Crippen molar-refractivity contribution in [2.24, 2.45) is 0 Å². The maximum absolute atomic E-state index is 3.24. The molecule has 0 saturated carbocycles. The summed E-state index contributed by atoms with van der Waals surface area (Å²) in [4.78, 5) is 3.24. The number of aromatic nitrogens is 1. The molecular weight excluding hydrogens is 218 g/mol. The number of aromatic amines is 1. The predicted octanol–water partition coefficient (Wildman–Crippen LogP) is 5.01. The van der Waals surface area contributed by atoms with Crippen LogP contribution in [0.4, 0.5) is 0 Å². The number of rotatable bonds is 2. The van der Waals surface area contributed by atoms with Gasteiger partial charge in [-0.1, -0.05) is 55.8 Å². The minimum absolute atomic E-state index is 1.10. The summed E-state index contributed by atoms with van der Waals surface area (Å²) in [7, 11) is 0. The van der Waals surface area contributed by atoms with Gasteiger partial charge in [-0.25, -0.2) is 0 Å². The fourth-order valence-corrected chi connectivity index (χ4v) is 2.18. The molecule has 1 nitrogen and oxygen atoms in total. The number of aryl methyl sites for hydroxylation is 1. The van der Waals surface area contributed by atoms with E-state index in [1.54, 1.807) is 5.57 Å². The Morgan fingerprint density at radius 2 is 1.94 bits per heavy atom. The second kappa shape index (κ2) is 6.25. The van der Waals surface area contributed by atoms with Crippen molar-refractivity contribution >= 4 is 10.9 Å². The van der Waals surface area contributed by atoms with Crippen LogP contribution < -0.4 is 0 Å². The minimum Gasteiger partial charge on any atom is -0.361 e. The smallest absolute Gasteiger partial charge is 0.0456 e. The van der Waals surface area contributed by atoms with Crippen LogP contribution in [0.3, 0.4) is 0 Å². The zero-order valence-electron chi connectivity index (χ0n) is 11.2. The molecule has 1 heterocycles. The van der Waals surface area contributed by atoms with E-state index >= 15 is 0 Å². The summed E-state index contributed by atoms with van der Waals surface area (Å²) in [5.74, 6) is 0. The molecule has 18 heavy (non-hydrogen) atoms. The number of H-pyrrole nitrogens is 1. The lowest BCUT2D eigenvalue weighted by molar-refractivity contribution is 1.05. The van der Waals surface area contributed by atoms with Gasteiger partial charge >= 0.3 is 0 Å². The predicted molar refractivity (Wildman–Crippen MR) is 79.8 cm³/mol. The summed E-state index contributed by atoms with van der Waals surface area (Å²) in [5, 5.41) is 1.36. The van der Waals surface area contributed by atoms with E-state index in [-0.39, 0.29) is 0 Å². The molecule has 1 aromatic heterocycles. The van der Waals surface area contributed by atoms with Gasteiger partial charge < -0.3 is 4.98 Å². The SMILES string of the molecule is CCC1=CC=CC1.CCc1c[nH]c2ccccc12. The highest BCUT2D eigenvalue weighted by Crippen LogP contribution is 2.17. The van der Waals surface area contributed by atoms with E-state index in [9.17, 15) is 0 Å². The molecule has 0 radical (unpaired) electrons. The summed E-state index contributed by atoms with van der Waals surface area (Å²) in [6, 6.07) is 8.40. The molecule has 1 heteroatoms. The Labute approximate surface area is 109 Å². The molecular formula is C17H21N. The quantitative estimate of drug-likeness (QED) is 0.758. The first kappa shape index (κ1) is 12.7. The van der Waals surface area contributed by atoms with Crippen molar-refractivity contribution in [1.29, 1.82) is 0 Å². The molecule has 0 bridgehead atoms. The Kier molecular flexibility index (Phi) is 4.40. The lowest BCUT2D eigenvalue weighted by Crippen LogP contribution is -1.72. The van der Waals surface area contributed by atoms with Gasteiger partial charge in [0, 0.05) is 17.1 Å². The van der Waals surface area contributed by atoms with Crippen molar-refractivity contribution in [3.8, 4) is 0 Å². The van der Waals surface area contributed by atoms with Gasteiger partial charge in [0.25, 0.3) is 0 Å². The topological polar surface area (TPSA) is 15.8 Å². The van der Waals surface area contributed by atoms with E-state index in [1.807, 2.05) is 0 Å². The van der Waals surface area contributed by atoms with Crippen molar-refractivity contribution in [2.45, 2.75) is 33.1 Å². The first-order valence-electron chi connectivity index (χ1n) is 6.74. The highest BCUT2D eigenvalue weighted by atomic mass is 14.7. The summed E-state index contributed by atoms with van der Waals surface area (Å²) < 4.78 is 0. The van der Waals surface area contributed by atoms with E-state index < -0.39 is 0 Å². The van der Waals surface area contributed by atoms with Gasteiger partial charge in [0.1, 0.15) is 0 Å². The molecule has 0 saturated heterocycles. The first-order valence-corrected chi connectivity index (χ1v) is 6.74. The van der Waals surface area contributed by atoms with Crippen LogP contribution in [0.15, 0.2) is 54.3 Å². The number of fused-ring (bicyclic) bond motifs is 1. The molecule has 94 valence electrons. The monoisotopic (exact) mass is 239 g/mol. The fraction of sp³-hybridized carbons (Fsp3) is 0.294. The summed E-state index contributed by atoms with van der Waals surface area (Å²) in [6.07, 6.45) is 12.1. The number of hydrogen-bond donors (Lipinski definition) is 1. The van der Waals surface area contributed by atoms with Gasteiger partial charge in [0.2, 0.25) is 0 Å². The van der Waals surface area contributed by atoms with Crippen LogP contribution in [0.5, 0.6) is 0 Å². The summed E-state index contributed by atoms with van der Waals surface area (Å²) >= 11 is 0. The maximum atomic E-state index is 3.24. The highest BCUT2D eigenvalue weighted by molar-refractivity contribution is 5.82. The van der Waals surface area contributed by atoms with Crippen molar-refractivity contribution in [3.05, 3.63) is 59.8 Å². The number of nitrogens with one attached hydrogen (secondary N) is 1. The Balaban J connectivity index is 0.000000149. The normalized spacial score (nSPS) is 13.3. The van der Waals surface area contributed by atoms with Crippen molar-refractivity contribution in [1.82, 2.24) is 4.98 Å². The zero-order chi connectivity index (χ0) is 12.8. The van der Waals surface area contributed by atoms with E-state index in [2.05, 4.69) is 67.5 Å². The number of benzene rings is 1. The van der Waals surface area contributed by atoms with E-state index in [0.29, 0.717) is 0 Å². The fourth-order valence-electron chi connectivity index (χ4n) is 2.18. The molecule has 1 aromatic carbocycles. The largest absolute Gasteiger partial charge is 0.361 e. The third-order valence-electron chi connectivity index (χ3n) is 3.36. The number of hydrogen-bond acceptors (Lipinski definition) is 0. The van der Waals surface area contributed by atoms with Crippen LogP contribution in [0.2, 0.25) is 0 Å². The summed E-state index contributed by atoms with van der Waals surface area (Å²) in [6.45, 7) is 4.37. The van der Waals surface area contributed by atoms with Crippen LogP contribution in [0, 0.1) is 0 Å². The Morgan fingerprint density at radius 3 is 2.56 bits per heavy atom. The second-order valence-electron chi connectivity index (χ2n) is 4.52. The van der Waals surface area contributed by atoms with Gasteiger partial charge in [0.05, 0.1) is 0 Å². The Bertz CT molecular complexity index is 558. The van der Waals surface area contributed by atoms with Gasteiger partial charge in [-0.3, -0.25) is 0 Å². The molecule has 0 unspecified atom stereocenters. The molecule has 1 aliphatic carbocycles. The minimum atomic E-state index is 1.10. The number of para-hydroxylation sites is 1. The standard InChI is InChI=1S/C10H11N.C7H10/c1-2-8-7-11-10-6-4-3-5-9(8)10;1-2-7-5-3-4-6-7/h3-7,11H,2H2,1H3;3-5H,2,6H2,1H3. The second-order valence-corrected chi connectivity index (χ2v) is 4.52. The molecule has 0 amide bonds. The highest BCUT2D eigenvalue weighted by Gasteiger charge is 1.98. The molecule has 3 rings (SSSR count).